The maximum absolute atomic E-state index is 13.3. The normalized spacial score (nSPS) is 11.8. The third kappa shape index (κ3) is 4.34. The van der Waals surface area contributed by atoms with Crippen molar-refractivity contribution in [2.45, 2.75) is 31.0 Å². The van der Waals surface area contributed by atoms with Crippen molar-refractivity contribution in [3.8, 4) is 0 Å². The van der Waals surface area contributed by atoms with Gasteiger partial charge in [-0.1, -0.05) is 71.5 Å². The zero-order valence-electron chi connectivity index (χ0n) is 18.8. The van der Waals surface area contributed by atoms with Crippen LogP contribution in [0.2, 0.25) is 0 Å². The maximum Gasteiger partial charge on any atom is 0.246 e. The van der Waals surface area contributed by atoms with Crippen molar-refractivity contribution in [2.24, 2.45) is 0 Å². The van der Waals surface area contributed by atoms with Crippen LogP contribution in [-0.2, 0) is 26.9 Å². The molecule has 8 heteroatoms. The fraction of sp³-hybridized carbons (Fsp3) is 0.154. The highest BCUT2D eigenvalue weighted by Gasteiger charge is 2.22. The Hall–Kier alpha value is -3.49. The molecule has 0 spiro atoms. The Morgan fingerprint density at radius 2 is 1.76 bits per heavy atom. The zero-order chi connectivity index (χ0) is 23.9. The number of benzene rings is 3. The van der Waals surface area contributed by atoms with Gasteiger partial charge < -0.3 is 9.88 Å². The van der Waals surface area contributed by atoms with Gasteiger partial charge in [-0.3, -0.25) is 4.79 Å². The third-order valence-electron chi connectivity index (χ3n) is 5.75. The quantitative estimate of drug-likeness (QED) is 0.342. The van der Waals surface area contributed by atoms with Gasteiger partial charge in [0.15, 0.2) is 15.0 Å². The van der Waals surface area contributed by atoms with Crippen LogP contribution in [0, 0.1) is 13.8 Å². The molecule has 2 aromatic heterocycles. The predicted octanol–water partition coefficient (Wildman–Crippen LogP) is 5.48. The lowest BCUT2D eigenvalue weighted by molar-refractivity contribution is -0.116. The molecule has 0 radical (unpaired) electrons. The van der Waals surface area contributed by atoms with Crippen LogP contribution in [0.15, 0.2) is 77.8 Å². The minimum Gasteiger partial charge on any atom is -0.337 e. The van der Waals surface area contributed by atoms with Gasteiger partial charge in [0.05, 0.1) is 20.9 Å². The zero-order valence-corrected chi connectivity index (χ0v) is 20.4. The van der Waals surface area contributed by atoms with Crippen LogP contribution in [0.3, 0.4) is 0 Å². The summed E-state index contributed by atoms with van der Waals surface area (Å²) in [6.45, 7) is 3.93. The van der Waals surface area contributed by atoms with Crippen molar-refractivity contribution < 1.29 is 13.2 Å². The first-order chi connectivity index (χ1) is 16.3. The number of carbonyl (C=O) groups excluding carboxylic acids is 1. The van der Waals surface area contributed by atoms with E-state index < -0.39 is 9.84 Å². The summed E-state index contributed by atoms with van der Waals surface area (Å²) in [6, 6.07) is 20.6. The molecule has 0 fully saturated rings. The molecule has 5 aromatic rings. The standard InChI is InChI=1S/C26H23N3O3S2/c1-17-10-12-19(13-11-17)16-34(31,32)23-14-29(21-8-4-3-7-20(21)23)15-24(30)27-26-28-25-18(2)6-5-9-22(25)33-26/h3-14H,15-16H2,1-2H3,(H,27,28,30). The van der Waals surface area contributed by atoms with E-state index in [2.05, 4.69) is 10.3 Å². The summed E-state index contributed by atoms with van der Waals surface area (Å²) in [7, 11) is -3.61. The first-order valence-electron chi connectivity index (χ1n) is 10.8. The fourth-order valence-corrected chi connectivity index (χ4v) is 6.57. The molecule has 0 unspecified atom stereocenters. The summed E-state index contributed by atoms with van der Waals surface area (Å²) in [4.78, 5) is 17.6. The van der Waals surface area contributed by atoms with E-state index in [0.29, 0.717) is 16.0 Å². The monoisotopic (exact) mass is 489 g/mol. The molecule has 5 rings (SSSR count). The van der Waals surface area contributed by atoms with Crippen molar-refractivity contribution >= 4 is 53.3 Å². The SMILES string of the molecule is Cc1ccc(CS(=O)(=O)c2cn(CC(=O)Nc3nc4c(C)cccc4s3)c3ccccc23)cc1. The van der Waals surface area contributed by atoms with Crippen LogP contribution in [0.25, 0.3) is 21.1 Å². The number of hydrogen-bond donors (Lipinski definition) is 1. The molecule has 0 saturated heterocycles. The maximum atomic E-state index is 13.3. The van der Waals surface area contributed by atoms with Crippen LogP contribution < -0.4 is 5.32 Å². The highest BCUT2D eigenvalue weighted by atomic mass is 32.2. The van der Waals surface area contributed by atoms with Gasteiger partial charge in [-0.15, -0.1) is 0 Å². The fourth-order valence-electron chi connectivity index (χ4n) is 4.03. The predicted molar refractivity (Wildman–Crippen MR) is 137 cm³/mol. The van der Waals surface area contributed by atoms with E-state index in [1.54, 1.807) is 22.9 Å². The summed E-state index contributed by atoms with van der Waals surface area (Å²) < 4.78 is 29.3. The van der Waals surface area contributed by atoms with Gasteiger partial charge in [-0.2, -0.15) is 0 Å². The number of thiazole rings is 1. The smallest absolute Gasteiger partial charge is 0.246 e. The molecule has 3 aromatic carbocycles. The van der Waals surface area contributed by atoms with Crippen LogP contribution >= 0.6 is 11.3 Å². The van der Waals surface area contributed by atoms with Crippen molar-refractivity contribution in [3.63, 3.8) is 0 Å². The summed E-state index contributed by atoms with van der Waals surface area (Å²) in [5.74, 6) is -0.363. The number of anilines is 1. The number of amides is 1. The molecule has 0 aliphatic heterocycles. The summed E-state index contributed by atoms with van der Waals surface area (Å²) in [5.41, 5.74) is 4.42. The minimum atomic E-state index is -3.61. The Kier molecular flexibility index (Phi) is 5.71. The summed E-state index contributed by atoms with van der Waals surface area (Å²) >= 11 is 1.42. The van der Waals surface area contributed by atoms with Gasteiger partial charge in [0.25, 0.3) is 0 Å². The number of para-hydroxylation sites is 2. The second-order valence-corrected chi connectivity index (χ2v) is 11.4. The van der Waals surface area contributed by atoms with Crippen molar-refractivity contribution in [3.05, 3.63) is 89.6 Å². The van der Waals surface area contributed by atoms with E-state index in [-0.39, 0.29) is 23.1 Å². The molecule has 2 heterocycles. The lowest BCUT2D eigenvalue weighted by Crippen LogP contribution is -2.18. The second kappa shape index (κ2) is 8.70. The van der Waals surface area contributed by atoms with E-state index in [4.69, 9.17) is 0 Å². The van der Waals surface area contributed by atoms with E-state index in [9.17, 15) is 13.2 Å². The number of aryl methyl sites for hydroxylation is 2. The lowest BCUT2D eigenvalue weighted by Gasteiger charge is -2.05. The Morgan fingerprint density at radius 1 is 1.00 bits per heavy atom. The van der Waals surface area contributed by atoms with Crippen molar-refractivity contribution in [2.75, 3.05) is 5.32 Å². The lowest BCUT2D eigenvalue weighted by atomic mass is 10.2. The Bertz CT molecular complexity index is 1630. The first kappa shape index (κ1) is 22.3. The molecular weight excluding hydrogens is 466 g/mol. The number of carbonyl (C=O) groups is 1. The first-order valence-corrected chi connectivity index (χ1v) is 13.3. The molecule has 0 atom stereocenters. The average Bonchev–Trinajstić information content (AvgIpc) is 3.38. The molecule has 172 valence electrons. The van der Waals surface area contributed by atoms with Crippen LogP contribution in [0.1, 0.15) is 16.7 Å². The molecule has 1 amide bonds. The van der Waals surface area contributed by atoms with E-state index in [1.165, 1.54) is 11.3 Å². The molecule has 0 bridgehead atoms. The third-order valence-corrected chi connectivity index (χ3v) is 8.39. The van der Waals surface area contributed by atoms with Gasteiger partial charge >= 0.3 is 0 Å². The van der Waals surface area contributed by atoms with Crippen molar-refractivity contribution in [1.82, 2.24) is 9.55 Å². The molecule has 34 heavy (non-hydrogen) atoms. The van der Waals surface area contributed by atoms with E-state index >= 15 is 0 Å². The summed E-state index contributed by atoms with van der Waals surface area (Å²) in [6.07, 6.45) is 1.57. The van der Waals surface area contributed by atoms with Crippen molar-refractivity contribution in [1.29, 1.82) is 0 Å². The van der Waals surface area contributed by atoms with Crippen LogP contribution in [0.4, 0.5) is 5.13 Å². The average molecular weight is 490 g/mol. The van der Waals surface area contributed by atoms with E-state index in [1.807, 2.05) is 68.4 Å². The Labute approximate surface area is 201 Å². The van der Waals surface area contributed by atoms with E-state index in [0.717, 1.165) is 26.9 Å². The number of fused-ring (bicyclic) bond motifs is 2. The molecule has 0 aliphatic carbocycles. The topological polar surface area (TPSA) is 81.1 Å². The van der Waals surface area contributed by atoms with Gasteiger partial charge in [0, 0.05) is 17.1 Å². The number of aromatic nitrogens is 2. The van der Waals surface area contributed by atoms with Gasteiger partial charge in [0.2, 0.25) is 5.91 Å². The van der Waals surface area contributed by atoms with Gasteiger partial charge in [-0.25, -0.2) is 13.4 Å². The minimum absolute atomic E-state index is 0.0184. The molecule has 0 aliphatic rings. The molecule has 6 nitrogen and oxygen atoms in total. The number of nitrogens with one attached hydrogen (secondary N) is 1. The van der Waals surface area contributed by atoms with Crippen LogP contribution in [0.5, 0.6) is 0 Å². The molecule has 1 N–H and O–H groups in total. The Balaban J connectivity index is 1.43. The number of sulfone groups is 1. The number of hydrogen-bond acceptors (Lipinski definition) is 5. The number of nitrogens with zero attached hydrogens (tertiary/aromatic N) is 2. The number of rotatable bonds is 6. The summed E-state index contributed by atoms with van der Waals surface area (Å²) in [5, 5.41) is 4.00. The molecular formula is C26H23N3O3S2. The highest BCUT2D eigenvalue weighted by molar-refractivity contribution is 7.90. The highest BCUT2D eigenvalue weighted by Crippen LogP contribution is 2.30. The molecule has 0 saturated carbocycles. The van der Waals surface area contributed by atoms with Crippen LogP contribution in [-0.4, -0.2) is 23.9 Å². The Morgan fingerprint density at radius 3 is 2.53 bits per heavy atom. The van der Waals surface area contributed by atoms with Gasteiger partial charge in [-0.05, 0) is 37.1 Å². The largest absolute Gasteiger partial charge is 0.337 e. The van der Waals surface area contributed by atoms with Gasteiger partial charge in [0.1, 0.15) is 6.54 Å². The second-order valence-electron chi connectivity index (χ2n) is 8.37.